The lowest BCUT2D eigenvalue weighted by atomic mass is 9.85. The monoisotopic (exact) mass is 464 g/mol. The Morgan fingerprint density at radius 1 is 1.09 bits per heavy atom. The Morgan fingerprint density at radius 3 is 2.26 bits per heavy atom. The largest absolute Gasteiger partial charge is 0.507 e. The number of likely N-dealkylation sites (tertiary alicyclic amines) is 1. The number of Topliss-reactive ketones (excluding diaryl/α,β-unsaturated/α-hetero) is 1. The molecule has 1 amide bonds. The maximum Gasteiger partial charge on any atom is 0.295 e. The van der Waals surface area contributed by atoms with Crippen molar-refractivity contribution in [2.45, 2.75) is 46.1 Å². The van der Waals surface area contributed by atoms with Crippen molar-refractivity contribution < 1.29 is 19.4 Å². The molecule has 3 rings (SSSR count). The van der Waals surface area contributed by atoms with E-state index in [4.69, 9.17) is 4.74 Å². The van der Waals surface area contributed by atoms with Crippen LogP contribution in [0.4, 0.5) is 0 Å². The number of hydrogen-bond donors (Lipinski definition) is 1. The van der Waals surface area contributed by atoms with Crippen molar-refractivity contribution in [3.05, 3.63) is 70.3 Å². The van der Waals surface area contributed by atoms with Gasteiger partial charge in [0.15, 0.2) is 0 Å². The highest BCUT2D eigenvalue weighted by molar-refractivity contribution is 6.46. The lowest BCUT2D eigenvalue weighted by Crippen LogP contribution is -2.35. The van der Waals surface area contributed by atoms with Crippen LogP contribution in [0.2, 0.25) is 0 Å². The molecule has 6 heteroatoms. The van der Waals surface area contributed by atoms with E-state index in [1.54, 1.807) is 23.1 Å². The lowest BCUT2D eigenvalue weighted by Gasteiger charge is -2.27. The molecule has 182 valence electrons. The van der Waals surface area contributed by atoms with Crippen LogP contribution in [-0.2, 0) is 15.0 Å². The molecule has 6 nitrogen and oxygen atoms in total. The minimum atomic E-state index is -0.660. The lowest BCUT2D eigenvalue weighted by molar-refractivity contribution is -0.140. The molecule has 1 atom stereocenters. The van der Waals surface area contributed by atoms with Crippen molar-refractivity contribution in [2.75, 3.05) is 33.8 Å². The van der Waals surface area contributed by atoms with Gasteiger partial charge in [-0.05, 0) is 68.2 Å². The number of carbonyl (C=O) groups is 2. The van der Waals surface area contributed by atoms with Crippen molar-refractivity contribution in [1.29, 1.82) is 0 Å². The highest BCUT2D eigenvalue weighted by Gasteiger charge is 2.46. The van der Waals surface area contributed by atoms with E-state index in [1.807, 2.05) is 57.1 Å². The predicted molar refractivity (Wildman–Crippen MR) is 135 cm³/mol. The van der Waals surface area contributed by atoms with Crippen LogP contribution in [0, 0.1) is 6.92 Å². The van der Waals surface area contributed by atoms with Crippen molar-refractivity contribution in [3.8, 4) is 5.75 Å². The Labute approximate surface area is 202 Å². The van der Waals surface area contributed by atoms with Crippen LogP contribution in [0.25, 0.3) is 5.76 Å². The van der Waals surface area contributed by atoms with Gasteiger partial charge in [0.05, 0.1) is 18.2 Å². The summed E-state index contributed by atoms with van der Waals surface area (Å²) >= 11 is 0. The summed E-state index contributed by atoms with van der Waals surface area (Å²) in [6.07, 6.45) is 0. The van der Waals surface area contributed by atoms with Crippen molar-refractivity contribution in [3.63, 3.8) is 0 Å². The maximum absolute atomic E-state index is 13.2. The zero-order valence-corrected chi connectivity index (χ0v) is 21.3. The summed E-state index contributed by atoms with van der Waals surface area (Å²) in [5.41, 5.74) is 3.39. The molecule has 2 aromatic carbocycles. The molecule has 1 fully saturated rings. The first kappa shape index (κ1) is 25.5. The molecule has 0 aliphatic carbocycles. The molecule has 0 bridgehead atoms. The number of amides is 1. The molecular formula is C28H36N2O4. The third-order valence-electron chi connectivity index (χ3n) is 6.17. The van der Waals surface area contributed by atoms with Crippen molar-refractivity contribution in [2.24, 2.45) is 0 Å². The summed E-state index contributed by atoms with van der Waals surface area (Å²) in [6.45, 7) is 11.7. The van der Waals surface area contributed by atoms with Gasteiger partial charge in [0.1, 0.15) is 11.5 Å². The Hall–Kier alpha value is -3.12. The van der Waals surface area contributed by atoms with E-state index in [1.165, 1.54) is 0 Å². The summed E-state index contributed by atoms with van der Waals surface area (Å²) < 4.78 is 5.60. The second-order valence-corrected chi connectivity index (χ2v) is 10.1. The van der Waals surface area contributed by atoms with E-state index in [2.05, 4.69) is 20.8 Å². The average molecular weight is 465 g/mol. The second-order valence-electron chi connectivity index (χ2n) is 10.1. The molecule has 1 saturated heterocycles. The van der Waals surface area contributed by atoms with Gasteiger partial charge < -0.3 is 19.6 Å². The summed E-state index contributed by atoms with van der Waals surface area (Å²) in [6, 6.07) is 12.6. The number of aliphatic hydroxyl groups excluding tert-OH is 1. The van der Waals surface area contributed by atoms with Gasteiger partial charge in [0.2, 0.25) is 0 Å². The summed E-state index contributed by atoms with van der Waals surface area (Å²) in [4.78, 5) is 29.8. The molecule has 1 aliphatic rings. The second kappa shape index (κ2) is 10.0. The molecule has 1 N–H and O–H groups in total. The number of hydrogen-bond acceptors (Lipinski definition) is 5. The van der Waals surface area contributed by atoms with E-state index < -0.39 is 17.7 Å². The fourth-order valence-corrected chi connectivity index (χ4v) is 4.20. The number of ether oxygens (including phenoxy) is 1. The molecule has 0 radical (unpaired) electrons. The number of aliphatic hydroxyl groups is 1. The summed E-state index contributed by atoms with van der Waals surface area (Å²) in [5.74, 6) is -0.690. The third-order valence-corrected chi connectivity index (χ3v) is 6.17. The molecule has 2 aromatic rings. The highest BCUT2D eigenvalue weighted by Crippen LogP contribution is 2.40. The van der Waals surface area contributed by atoms with Crippen LogP contribution in [0.1, 0.15) is 56.0 Å². The first-order valence-electron chi connectivity index (χ1n) is 11.7. The number of benzene rings is 2. The maximum atomic E-state index is 13.2. The Kier molecular flexibility index (Phi) is 7.51. The topological polar surface area (TPSA) is 70.1 Å². The van der Waals surface area contributed by atoms with Gasteiger partial charge in [-0.2, -0.15) is 0 Å². The van der Waals surface area contributed by atoms with E-state index >= 15 is 0 Å². The Morgan fingerprint density at radius 2 is 1.74 bits per heavy atom. The third kappa shape index (κ3) is 5.17. The highest BCUT2D eigenvalue weighted by atomic mass is 16.5. The smallest absolute Gasteiger partial charge is 0.295 e. The molecular weight excluding hydrogens is 428 g/mol. The van der Waals surface area contributed by atoms with Crippen LogP contribution in [0.5, 0.6) is 5.75 Å². The number of likely N-dealkylation sites (N-methyl/N-ethyl adjacent to an activating group) is 1. The van der Waals surface area contributed by atoms with Gasteiger partial charge in [0, 0.05) is 18.7 Å². The van der Waals surface area contributed by atoms with E-state index in [-0.39, 0.29) is 16.7 Å². The van der Waals surface area contributed by atoms with Crippen molar-refractivity contribution in [1.82, 2.24) is 9.80 Å². The van der Waals surface area contributed by atoms with E-state index in [0.29, 0.717) is 25.3 Å². The zero-order chi connectivity index (χ0) is 25.2. The van der Waals surface area contributed by atoms with Crippen LogP contribution < -0.4 is 4.74 Å². The van der Waals surface area contributed by atoms with Crippen LogP contribution in [-0.4, -0.2) is 60.4 Å². The molecule has 0 aromatic heterocycles. The fourth-order valence-electron chi connectivity index (χ4n) is 4.20. The van der Waals surface area contributed by atoms with Gasteiger partial charge in [0.25, 0.3) is 11.7 Å². The predicted octanol–water partition coefficient (Wildman–Crippen LogP) is 4.67. The van der Waals surface area contributed by atoms with Gasteiger partial charge in [-0.25, -0.2) is 0 Å². The first-order chi connectivity index (χ1) is 16.0. The van der Waals surface area contributed by atoms with Crippen LogP contribution in [0.15, 0.2) is 48.0 Å². The van der Waals surface area contributed by atoms with E-state index in [0.717, 1.165) is 22.4 Å². The van der Waals surface area contributed by atoms with Gasteiger partial charge in [-0.3, -0.25) is 9.59 Å². The van der Waals surface area contributed by atoms with E-state index in [9.17, 15) is 14.7 Å². The Bertz CT molecular complexity index is 1090. The SMILES string of the molecule is CCOc1ccc(C(O)=C2C(=O)C(=O)N(CCN(C)C)[C@H]2c2ccc(C(C)(C)C)cc2)cc1C. The number of rotatable bonds is 7. The minimum Gasteiger partial charge on any atom is -0.507 e. The Balaban J connectivity index is 2.13. The normalized spacial score (nSPS) is 18.1. The molecule has 1 aliphatic heterocycles. The number of nitrogens with zero attached hydrogens (tertiary/aromatic N) is 2. The van der Waals surface area contributed by atoms with Gasteiger partial charge in [-0.1, -0.05) is 45.0 Å². The molecule has 0 spiro atoms. The van der Waals surface area contributed by atoms with Gasteiger partial charge in [-0.15, -0.1) is 0 Å². The van der Waals surface area contributed by atoms with Crippen LogP contribution >= 0.6 is 0 Å². The quantitative estimate of drug-likeness (QED) is 0.366. The first-order valence-corrected chi connectivity index (χ1v) is 11.7. The minimum absolute atomic E-state index is 0.0227. The molecule has 0 unspecified atom stereocenters. The van der Waals surface area contributed by atoms with Crippen LogP contribution in [0.3, 0.4) is 0 Å². The fraction of sp³-hybridized carbons (Fsp3) is 0.429. The molecule has 34 heavy (non-hydrogen) atoms. The van der Waals surface area contributed by atoms with Gasteiger partial charge >= 0.3 is 0 Å². The van der Waals surface area contributed by atoms with Crippen molar-refractivity contribution >= 4 is 17.4 Å². The zero-order valence-electron chi connectivity index (χ0n) is 21.3. The number of ketones is 1. The standard InChI is InChI=1S/C28H36N2O4/c1-8-34-22-14-11-20(17-18(22)2)25(31)23-24(19-9-12-21(13-10-19)28(3,4)5)30(16-15-29(6)7)27(33)26(23)32/h9-14,17,24,31H,8,15-16H2,1-7H3/t24-/m0/s1. The average Bonchev–Trinajstić information content (AvgIpc) is 3.03. The molecule has 1 heterocycles. The molecule has 0 saturated carbocycles. The summed E-state index contributed by atoms with van der Waals surface area (Å²) in [7, 11) is 3.85. The number of carbonyl (C=O) groups excluding carboxylic acids is 2. The number of aryl methyl sites for hydroxylation is 1. The summed E-state index contributed by atoms with van der Waals surface area (Å²) in [5, 5.41) is 11.3.